The van der Waals surface area contributed by atoms with Gasteiger partial charge in [-0.2, -0.15) is 0 Å². The van der Waals surface area contributed by atoms with Crippen molar-refractivity contribution >= 4 is 11.6 Å². The van der Waals surface area contributed by atoms with Crippen molar-refractivity contribution in [3.05, 3.63) is 39.7 Å². The third-order valence-corrected chi connectivity index (χ3v) is 3.72. The summed E-state index contributed by atoms with van der Waals surface area (Å²) >= 11 is 0. The molecule has 0 radical (unpaired) electrons. The van der Waals surface area contributed by atoms with Crippen LogP contribution < -0.4 is 0 Å². The molecule has 0 saturated carbocycles. The van der Waals surface area contributed by atoms with Crippen LogP contribution in [0.2, 0.25) is 0 Å². The molecule has 2 rings (SSSR count). The summed E-state index contributed by atoms with van der Waals surface area (Å²) < 4.78 is 13.3. The fourth-order valence-corrected chi connectivity index (χ4v) is 2.72. The van der Waals surface area contributed by atoms with E-state index in [0.717, 1.165) is 31.0 Å². The molecule has 6 nitrogen and oxygen atoms in total. The zero-order valence-electron chi connectivity index (χ0n) is 11.5. The van der Waals surface area contributed by atoms with Gasteiger partial charge in [0.25, 0.3) is 11.6 Å². The molecule has 21 heavy (non-hydrogen) atoms. The van der Waals surface area contributed by atoms with E-state index in [0.29, 0.717) is 19.4 Å². The maximum absolute atomic E-state index is 13.3. The molecule has 0 aromatic heterocycles. The van der Waals surface area contributed by atoms with Gasteiger partial charge in [0, 0.05) is 25.3 Å². The first-order valence-corrected chi connectivity index (χ1v) is 6.90. The molecule has 1 fully saturated rings. The van der Waals surface area contributed by atoms with Crippen LogP contribution in [0.5, 0.6) is 0 Å². The molecule has 0 aliphatic carbocycles. The Labute approximate surface area is 121 Å². The average Bonchev–Trinajstić information content (AvgIpc) is 2.92. The van der Waals surface area contributed by atoms with Crippen molar-refractivity contribution < 1.29 is 19.2 Å². The minimum absolute atomic E-state index is 0.0403. The molecule has 1 aromatic rings. The standard InChI is InChI=1S/C14H17FN2O4/c15-10-5-6-13(17(20)21)12(9-10)14(19)16-7-1-3-11(16)4-2-8-18/h5-6,9,11,18H,1-4,7-8H2. The Hall–Kier alpha value is -2.02. The molecule has 1 N–H and O–H groups in total. The number of rotatable bonds is 5. The van der Waals surface area contributed by atoms with Gasteiger partial charge in [0.05, 0.1) is 4.92 Å². The Kier molecular flexibility index (Phi) is 4.85. The Bertz CT molecular complexity index is 550. The summed E-state index contributed by atoms with van der Waals surface area (Å²) in [5.41, 5.74) is -0.592. The normalized spacial score (nSPS) is 18.0. The summed E-state index contributed by atoms with van der Waals surface area (Å²) in [5.74, 6) is -1.18. The van der Waals surface area contributed by atoms with Gasteiger partial charge < -0.3 is 10.0 Å². The van der Waals surface area contributed by atoms with Crippen LogP contribution in [0.25, 0.3) is 0 Å². The monoisotopic (exact) mass is 296 g/mol. The molecule has 1 aliphatic rings. The molecule has 1 heterocycles. The summed E-state index contributed by atoms with van der Waals surface area (Å²) in [6.07, 6.45) is 2.82. The van der Waals surface area contributed by atoms with Crippen LogP contribution in [-0.4, -0.2) is 40.0 Å². The number of likely N-dealkylation sites (tertiary alicyclic amines) is 1. The summed E-state index contributed by atoms with van der Waals surface area (Å²) in [4.78, 5) is 24.4. The van der Waals surface area contributed by atoms with Crippen molar-refractivity contribution in [2.24, 2.45) is 0 Å². The molecule has 1 amide bonds. The highest BCUT2D eigenvalue weighted by molar-refractivity contribution is 5.98. The lowest BCUT2D eigenvalue weighted by Gasteiger charge is -2.24. The van der Waals surface area contributed by atoms with Gasteiger partial charge in [0.1, 0.15) is 11.4 Å². The van der Waals surface area contributed by atoms with Crippen LogP contribution in [0.15, 0.2) is 18.2 Å². The van der Waals surface area contributed by atoms with Gasteiger partial charge in [0.15, 0.2) is 0 Å². The molecule has 1 aliphatic heterocycles. The molecule has 1 atom stereocenters. The highest BCUT2D eigenvalue weighted by atomic mass is 19.1. The lowest BCUT2D eigenvalue weighted by Crippen LogP contribution is -2.36. The largest absolute Gasteiger partial charge is 0.396 e. The van der Waals surface area contributed by atoms with Crippen molar-refractivity contribution in [2.75, 3.05) is 13.2 Å². The van der Waals surface area contributed by atoms with E-state index in [9.17, 15) is 19.3 Å². The highest BCUT2D eigenvalue weighted by Crippen LogP contribution is 2.27. The fraction of sp³-hybridized carbons (Fsp3) is 0.500. The topological polar surface area (TPSA) is 83.7 Å². The molecular weight excluding hydrogens is 279 g/mol. The second-order valence-corrected chi connectivity index (χ2v) is 5.08. The second kappa shape index (κ2) is 6.62. The van der Waals surface area contributed by atoms with Crippen LogP contribution in [0.1, 0.15) is 36.0 Å². The number of carbonyl (C=O) groups is 1. The van der Waals surface area contributed by atoms with Crippen molar-refractivity contribution in [1.82, 2.24) is 4.90 Å². The van der Waals surface area contributed by atoms with E-state index in [4.69, 9.17) is 5.11 Å². The summed E-state index contributed by atoms with van der Waals surface area (Å²) in [6.45, 7) is 0.543. The lowest BCUT2D eigenvalue weighted by molar-refractivity contribution is -0.385. The first-order valence-electron chi connectivity index (χ1n) is 6.90. The SMILES string of the molecule is O=C(c1cc(F)ccc1[N+](=O)[O-])N1CCCC1CCCO. The maximum Gasteiger partial charge on any atom is 0.282 e. The molecule has 114 valence electrons. The van der Waals surface area contributed by atoms with E-state index < -0.39 is 16.6 Å². The number of aliphatic hydroxyl groups is 1. The number of nitrogens with zero attached hydrogens (tertiary/aromatic N) is 2. The first kappa shape index (κ1) is 15.4. The molecule has 7 heteroatoms. The van der Waals surface area contributed by atoms with E-state index in [1.807, 2.05) is 0 Å². The van der Waals surface area contributed by atoms with Crippen LogP contribution in [0, 0.1) is 15.9 Å². The van der Waals surface area contributed by atoms with Crippen LogP contribution >= 0.6 is 0 Å². The Morgan fingerprint density at radius 1 is 1.52 bits per heavy atom. The van der Waals surface area contributed by atoms with Gasteiger partial charge in [-0.1, -0.05) is 0 Å². The quantitative estimate of drug-likeness (QED) is 0.666. The predicted molar refractivity (Wildman–Crippen MR) is 73.4 cm³/mol. The molecule has 0 spiro atoms. The third-order valence-electron chi connectivity index (χ3n) is 3.72. The number of amides is 1. The van der Waals surface area contributed by atoms with Crippen LogP contribution in [0.4, 0.5) is 10.1 Å². The Balaban J connectivity index is 2.26. The van der Waals surface area contributed by atoms with Crippen molar-refractivity contribution in [1.29, 1.82) is 0 Å². The third kappa shape index (κ3) is 3.36. The van der Waals surface area contributed by atoms with Gasteiger partial charge in [-0.25, -0.2) is 4.39 Å². The highest BCUT2D eigenvalue weighted by Gasteiger charge is 2.32. The number of hydrogen-bond acceptors (Lipinski definition) is 4. The fourth-order valence-electron chi connectivity index (χ4n) is 2.72. The lowest BCUT2D eigenvalue weighted by atomic mass is 10.1. The van der Waals surface area contributed by atoms with E-state index in [-0.39, 0.29) is 23.9 Å². The maximum atomic E-state index is 13.3. The van der Waals surface area contributed by atoms with Crippen LogP contribution in [-0.2, 0) is 0 Å². The average molecular weight is 296 g/mol. The first-order chi connectivity index (χ1) is 10.0. The number of nitro groups is 1. The van der Waals surface area contributed by atoms with Crippen molar-refractivity contribution in [3.8, 4) is 0 Å². The number of benzene rings is 1. The van der Waals surface area contributed by atoms with E-state index >= 15 is 0 Å². The Morgan fingerprint density at radius 3 is 2.95 bits per heavy atom. The molecular formula is C14H17FN2O4. The minimum Gasteiger partial charge on any atom is -0.396 e. The van der Waals surface area contributed by atoms with E-state index in [1.165, 1.54) is 0 Å². The van der Waals surface area contributed by atoms with Gasteiger partial charge in [-0.3, -0.25) is 14.9 Å². The zero-order chi connectivity index (χ0) is 15.4. The van der Waals surface area contributed by atoms with Gasteiger partial charge in [0.2, 0.25) is 0 Å². The number of hydrogen-bond donors (Lipinski definition) is 1. The van der Waals surface area contributed by atoms with Gasteiger partial charge in [-0.15, -0.1) is 0 Å². The summed E-state index contributed by atoms with van der Waals surface area (Å²) in [7, 11) is 0. The van der Waals surface area contributed by atoms with E-state index in [2.05, 4.69) is 0 Å². The predicted octanol–water partition coefficient (Wildman–Crippen LogP) is 2.11. The van der Waals surface area contributed by atoms with Gasteiger partial charge >= 0.3 is 0 Å². The van der Waals surface area contributed by atoms with Crippen LogP contribution in [0.3, 0.4) is 0 Å². The summed E-state index contributed by atoms with van der Waals surface area (Å²) in [5, 5.41) is 19.9. The second-order valence-electron chi connectivity index (χ2n) is 5.08. The molecule has 1 saturated heterocycles. The van der Waals surface area contributed by atoms with Crippen molar-refractivity contribution in [3.63, 3.8) is 0 Å². The number of aliphatic hydroxyl groups excluding tert-OH is 1. The smallest absolute Gasteiger partial charge is 0.282 e. The number of carbonyl (C=O) groups excluding carboxylic acids is 1. The molecule has 1 unspecified atom stereocenters. The minimum atomic E-state index is -0.675. The molecule has 0 bridgehead atoms. The number of nitro benzene ring substituents is 1. The molecule has 1 aromatic carbocycles. The Morgan fingerprint density at radius 2 is 2.29 bits per heavy atom. The summed E-state index contributed by atoms with van der Waals surface area (Å²) in [6, 6.07) is 2.86. The van der Waals surface area contributed by atoms with E-state index in [1.54, 1.807) is 4.90 Å². The van der Waals surface area contributed by atoms with Gasteiger partial charge in [-0.05, 0) is 37.8 Å². The number of halogens is 1. The van der Waals surface area contributed by atoms with Crippen molar-refractivity contribution in [2.45, 2.75) is 31.7 Å². The zero-order valence-corrected chi connectivity index (χ0v) is 11.5.